The zero-order valence-electron chi connectivity index (χ0n) is 18.5. The molecule has 168 valence electrons. The van der Waals surface area contributed by atoms with Crippen molar-refractivity contribution in [3.63, 3.8) is 0 Å². The van der Waals surface area contributed by atoms with E-state index in [-0.39, 0.29) is 16.6 Å². The van der Waals surface area contributed by atoms with Crippen molar-refractivity contribution in [1.29, 1.82) is 0 Å². The number of aryl methyl sites for hydroxylation is 2. The molecule has 0 fully saturated rings. The molecule has 4 rings (SSSR count). The maximum atomic E-state index is 13.2. The van der Waals surface area contributed by atoms with E-state index in [1.165, 1.54) is 31.2 Å². The molecule has 0 aliphatic carbocycles. The number of carbonyl (C=O) groups excluding carboxylic acids is 1. The second kappa shape index (κ2) is 8.95. The smallest absolute Gasteiger partial charge is 0.263 e. The fraction of sp³-hybridized carbons (Fsp3) is 0.167. The number of aromatic nitrogens is 3. The van der Waals surface area contributed by atoms with Crippen LogP contribution in [0.25, 0.3) is 22.3 Å². The summed E-state index contributed by atoms with van der Waals surface area (Å²) in [5, 5.41) is 3.37. The van der Waals surface area contributed by atoms with Crippen LogP contribution < -0.4 is 10.0 Å². The number of anilines is 2. The van der Waals surface area contributed by atoms with E-state index >= 15 is 0 Å². The predicted molar refractivity (Wildman–Crippen MR) is 128 cm³/mol. The average Bonchev–Trinajstić information content (AvgIpc) is 2.79. The van der Waals surface area contributed by atoms with Crippen molar-refractivity contribution in [1.82, 2.24) is 15.0 Å². The fourth-order valence-corrected chi connectivity index (χ4v) is 4.43. The molecule has 0 unspecified atom stereocenters. The first-order chi connectivity index (χ1) is 15.8. The van der Waals surface area contributed by atoms with Gasteiger partial charge in [0.2, 0.25) is 5.91 Å². The minimum Gasteiger partial charge on any atom is -0.326 e. The largest absolute Gasteiger partial charge is 0.326 e. The van der Waals surface area contributed by atoms with Crippen LogP contribution in [0.5, 0.6) is 0 Å². The first kappa shape index (κ1) is 22.3. The van der Waals surface area contributed by atoms with Gasteiger partial charge in [-0.1, -0.05) is 19.1 Å². The molecule has 9 heteroatoms. The Labute approximate surface area is 192 Å². The standard InChI is InChI=1S/C24H23N5O3S/c1-4-18-8-7-17-14-21(22-15(2)6-5-13-25-22)28-24(23(17)27-18)29-33(31,32)20-11-9-19(10-12-20)26-16(3)30/h5-14H,4H2,1-3H3,(H,26,30)(H,28,29). The average molecular weight is 462 g/mol. The van der Waals surface area contributed by atoms with E-state index in [0.717, 1.165) is 16.6 Å². The zero-order valence-corrected chi connectivity index (χ0v) is 19.3. The van der Waals surface area contributed by atoms with Crippen molar-refractivity contribution in [2.45, 2.75) is 32.1 Å². The molecule has 0 saturated heterocycles. The molecular weight excluding hydrogens is 438 g/mol. The molecule has 3 heterocycles. The summed E-state index contributed by atoms with van der Waals surface area (Å²) in [6.07, 6.45) is 2.38. The van der Waals surface area contributed by atoms with Crippen LogP contribution in [0.15, 0.2) is 65.7 Å². The second-order valence-electron chi connectivity index (χ2n) is 7.56. The van der Waals surface area contributed by atoms with Gasteiger partial charge in [-0.2, -0.15) is 0 Å². The lowest BCUT2D eigenvalue weighted by atomic mass is 10.1. The first-order valence-electron chi connectivity index (χ1n) is 10.4. The molecule has 4 aromatic rings. The van der Waals surface area contributed by atoms with Crippen molar-refractivity contribution in [2.75, 3.05) is 10.0 Å². The number of rotatable bonds is 6. The van der Waals surface area contributed by atoms with Gasteiger partial charge in [0.15, 0.2) is 5.82 Å². The summed E-state index contributed by atoms with van der Waals surface area (Å²) >= 11 is 0. The molecular formula is C24H23N5O3S. The highest BCUT2D eigenvalue weighted by molar-refractivity contribution is 7.92. The number of nitrogens with zero attached hydrogens (tertiary/aromatic N) is 3. The number of amides is 1. The quantitative estimate of drug-likeness (QED) is 0.442. The summed E-state index contributed by atoms with van der Waals surface area (Å²) in [4.78, 5) is 24.9. The third kappa shape index (κ3) is 4.83. The Morgan fingerprint density at radius 1 is 1.03 bits per heavy atom. The summed E-state index contributed by atoms with van der Waals surface area (Å²) in [5.41, 5.74) is 3.93. The maximum absolute atomic E-state index is 13.2. The van der Waals surface area contributed by atoms with E-state index in [2.05, 4.69) is 25.0 Å². The maximum Gasteiger partial charge on any atom is 0.263 e. The van der Waals surface area contributed by atoms with Crippen LogP contribution in [0.1, 0.15) is 25.1 Å². The van der Waals surface area contributed by atoms with Gasteiger partial charge >= 0.3 is 0 Å². The van der Waals surface area contributed by atoms with E-state index in [9.17, 15) is 13.2 Å². The van der Waals surface area contributed by atoms with Gasteiger partial charge in [0.05, 0.1) is 16.3 Å². The minimum atomic E-state index is -3.96. The summed E-state index contributed by atoms with van der Waals surface area (Å²) in [6, 6.07) is 15.3. The summed E-state index contributed by atoms with van der Waals surface area (Å²) in [6.45, 7) is 5.29. The SMILES string of the molecule is CCc1ccc2cc(-c3ncccc3C)nc(NS(=O)(=O)c3ccc(NC(C)=O)cc3)c2n1. The molecule has 0 saturated carbocycles. The van der Waals surface area contributed by atoms with Crippen molar-refractivity contribution in [2.24, 2.45) is 0 Å². The van der Waals surface area contributed by atoms with Crippen LogP contribution in [0.3, 0.4) is 0 Å². The number of hydrogen-bond donors (Lipinski definition) is 2. The molecule has 0 atom stereocenters. The van der Waals surface area contributed by atoms with Gasteiger partial charge in [0, 0.05) is 29.9 Å². The summed E-state index contributed by atoms with van der Waals surface area (Å²) in [5.74, 6) is -0.104. The van der Waals surface area contributed by atoms with Crippen LogP contribution in [0.4, 0.5) is 11.5 Å². The first-order valence-corrected chi connectivity index (χ1v) is 11.9. The number of benzene rings is 1. The van der Waals surface area contributed by atoms with Gasteiger partial charge in [0.25, 0.3) is 10.0 Å². The Kier molecular flexibility index (Phi) is 6.06. The number of pyridine rings is 3. The zero-order chi connectivity index (χ0) is 23.6. The molecule has 0 aliphatic heterocycles. The molecule has 2 N–H and O–H groups in total. The molecule has 0 radical (unpaired) electrons. The molecule has 0 aliphatic rings. The Morgan fingerprint density at radius 3 is 2.45 bits per heavy atom. The number of hydrogen-bond acceptors (Lipinski definition) is 6. The van der Waals surface area contributed by atoms with Gasteiger partial charge in [-0.15, -0.1) is 0 Å². The Hall–Kier alpha value is -3.85. The lowest BCUT2D eigenvalue weighted by molar-refractivity contribution is -0.114. The van der Waals surface area contributed by atoms with Gasteiger partial charge in [-0.25, -0.2) is 18.4 Å². The van der Waals surface area contributed by atoms with E-state index in [1.54, 1.807) is 6.20 Å². The van der Waals surface area contributed by atoms with Crippen molar-refractivity contribution < 1.29 is 13.2 Å². The number of sulfonamides is 1. The lowest BCUT2D eigenvalue weighted by Gasteiger charge is -2.13. The highest BCUT2D eigenvalue weighted by Gasteiger charge is 2.19. The normalized spacial score (nSPS) is 11.4. The minimum absolute atomic E-state index is 0.0395. The Balaban J connectivity index is 1.81. The van der Waals surface area contributed by atoms with Crippen molar-refractivity contribution >= 4 is 38.3 Å². The highest BCUT2D eigenvalue weighted by atomic mass is 32.2. The molecule has 1 aromatic carbocycles. The highest BCUT2D eigenvalue weighted by Crippen LogP contribution is 2.29. The number of fused-ring (bicyclic) bond motifs is 1. The molecule has 1 amide bonds. The molecule has 8 nitrogen and oxygen atoms in total. The van der Waals surface area contributed by atoms with Gasteiger partial charge in [-0.3, -0.25) is 14.5 Å². The summed E-state index contributed by atoms with van der Waals surface area (Å²) in [7, 11) is -3.96. The lowest BCUT2D eigenvalue weighted by Crippen LogP contribution is -2.15. The van der Waals surface area contributed by atoms with Crippen LogP contribution in [0, 0.1) is 6.92 Å². The summed E-state index contributed by atoms with van der Waals surface area (Å²) < 4.78 is 28.9. The van der Waals surface area contributed by atoms with Gasteiger partial charge < -0.3 is 5.32 Å². The fourth-order valence-electron chi connectivity index (χ4n) is 3.42. The topological polar surface area (TPSA) is 114 Å². The van der Waals surface area contributed by atoms with E-state index in [0.29, 0.717) is 29.0 Å². The van der Waals surface area contributed by atoms with Crippen LogP contribution in [-0.2, 0) is 21.2 Å². The van der Waals surface area contributed by atoms with E-state index < -0.39 is 10.0 Å². The monoisotopic (exact) mass is 461 g/mol. The Bertz CT molecular complexity index is 1450. The van der Waals surface area contributed by atoms with Crippen molar-refractivity contribution in [3.05, 3.63) is 72.1 Å². The van der Waals surface area contributed by atoms with Crippen LogP contribution in [-0.4, -0.2) is 29.3 Å². The number of nitrogens with one attached hydrogen (secondary N) is 2. The second-order valence-corrected chi connectivity index (χ2v) is 9.25. The molecule has 33 heavy (non-hydrogen) atoms. The van der Waals surface area contributed by atoms with E-state index in [4.69, 9.17) is 0 Å². The third-order valence-electron chi connectivity index (χ3n) is 5.06. The number of carbonyl (C=O) groups is 1. The molecule has 0 spiro atoms. The predicted octanol–water partition coefficient (Wildman–Crippen LogP) is 4.32. The van der Waals surface area contributed by atoms with Gasteiger partial charge in [0.1, 0.15) is 5.52 Å². The molecule has 0 bridgehead atoms. The van der Waals surface area contributed by atoms with Gasteiger partial charge in [-0.05, 0) is 61.4 Å². The van der Waals surface area contributed by atoms with Crippen LogP contribution in [0.2, 0.25) is 0 Å². The molecule has 3 aromatic heterocycles. The Morgan fingerprint density at radius 2 is 1.79 bits per heavy atom. The van der Waals surface area contributed by atoms with Crippen LogP contribution >= 0.6 is 0 Å². The third-order valence-corrected chi connectivity index (χ3v) is 6.42. The van der Waals surface area contributed by atoms with E-state index in [1.807, 2.05) is 44.2 Å². The van der Waals surface area contributed by atoms with Crippen molar-refractivity contribution in [3.8, 4) is 11.4 Å².